The Morgan fingerprint density at radius 3 is 3.06 bits per heavy atom. The summed E-state index contributed by atoms with van der Waals surface area (Å²) >= 11 is 1.85. The molecule has 1 aromatic carbocycles. The second-order valence-corrected chi connectivity index (χ2v) is 5.78. The molecule has 1 N–H and O–H groups in total. The maximum Gasteiger partial charge on any atom is 0.256 e. The van der Waals surface area contributed by atoms with Gasteiger partial charge in [-0.25, -0.2) is 0 Å². The van der Waals surface area contributed by atoms with Crippen molar-refractivity contribution in [1.82, 2.24) is 9.88 Å². The van der Waals surface area contributed by atoms with Gasteiger partial charge in [0.2, 0.25) is 0 Å². The molecule has 2 aromatic rings. The predicted octanol–water partition coefficient (Wildman–Crippen LogP) is 2.75. The third kappa shape index (κ3) is 1.90. The van der Waals surface area contributed by atoms with Crippen LogP contribution < -0.4 is 0 Å². The predicted molar refractivity (Wildman–Crippen MR) is 76.1 cm³/mol. The zero-order valence-corrected chi connectivity index (χ0v) is 11.2. The van der Waals surface area contributed by atoms with E-state index in [9.17, 15) is 4.79 Å². The maximum atomic E-state index is 12.5. The molecular weight excluding hydrogens is 244 g/mol. The number of hydrogen-bond acceptors (Lipinski definition) is 2. The Bertz CT molecular complexity index is 578. The number of benzene rings is 1. The van der Waals surface area contributed by atoms with Crippen molar-refractivity contribution in [3.8, 4) is 0 Å². The monoisotopic (exact) mass is 260 g/mol. The summed E-state index contributed by atoms with van der Waals surface area (Å²) in [5, 5.41) is 1.62. The molecule has 1 amide bonds. The van der Waals surface area contributed by atoms with Gasteiger partial charge in [-0.1, -0.05) is 18.2 Å². The number of carbonyl (C=O) groups is 1. The minimum atomic E-state index is 0.156. The summed E-state index contributed by atoms with van der Waals surface area (Å²) in [5.41, 5.74) is 1.83. The van der Waals surface area contributed by atoms with Crippen LogP contribution in [-0.2, 0) is 0 Å². The molecule has 1 atom stereocenters. The summed E-state index contributed by atoms with van der Waals surface area (Å²) in [6.45, 7) is 1.75. The number of H-pyrrole nitrogens is 1. The summed E-state index contributed by atoms with van der Waals surface area (Å²) in [5.74, 6) is 0.156. The average molecular weight is 260 g/mol. The molecule has 0 spiro atoms. The minimum Gasteiger partial charge on any atom is -0.360 e. The van der Waals surface area contributed by atoms with Crippen LogP contribution in [0.3, 0.4) is 0 Å². The Kier molecular flexibility index (Phi) is 3.04. The summed E-state index contributed by atoms with van der Waals surface area (Å²) < 4.78 is 0. The van der Waals surface area contributed by atoms with Crippen LogP contribution in [0.1, 0.15) is 16.8 Å². The Balaban J connectivity index is 1.89. The van der Waals surface area contributed by atoms with Crippen LogP contribution in [0.5, 0.6) is 0 Å². The lowest BCUT2D eigenvalue weighted by atomic mass is 10.1. The van der Waals surface area contributed by atoms with Gasteiger partial charge in [-0.15, -0.1) is 0 Å². The molecule has 3 rings (SSSR count). The van der Waals surface area contributed by atoms with Gasteiger partial charge in [-0.05, 0) is 18.7 Å². The molecule has 2 heterocycles. The Labute approximate surface area is 111 Å². The van der Waals surface area contributed by atoms with E-state index in [4.69, 9.17) is 0 Å². The number of thioether (sulfide) groups is 1. The lowest BCUT2D eigenvalue weighted by Gasteiger charge is -2.15. The van der Waals surface area contributed by atoms with Gasteiger partial charge in [0.1, 0.15) is 0 Å². The summed E-state index contributed by atoms with van der Waals surface area (Å²) in [6, 6.07) is 7.95. The van der Waals surface area contributed by atoms with E-state index in [-0.39, 0.29) is 5.91 Å². The van der Waals surface area contributed by atoms with Gasteiger partial charge in [0.15, 0.2) is 0 Å². The van der Waals surface area contributed by atoms with Crippen molar-refractivity contribution in [1.29, 1.82) is 0 Å². The smallest absolute Gasteiger partial charge is 0.256 e. The summed E-state index contributed by atoms with van der Waals surface area (Å²) in [6.07, 6.45) is 5.05. The number of hydrogen-bond donors (Lipinski definition) is 1. The lowest BCUT2D eigenvalue weighted by molar-refractivity contribution is 0.0795. The molecule has 1 saturated heterocycles. The highest BCUT2D eigenvalue weighted by Gasteiger charge is 2.27. The van der Waals surface area contributed by atoms with Crippen molar-refractivity contribution in [2.45, 2.75) is 11.7 Å². The highest BCUT2D eigenvalue weighted by atomic mass is 32.2. The highest BCUT2D eigenvalue weighted by Crippen LogP contribution is 2.24. The molecule has 1 aliphatic rings. The molecular formula is C14H16N2OS. The minimum absolute atomic E-state index is 0.156. The molecule has 1 fully saturated rings. The first-order chi connectivity index (χ1) is 8.79. The Morgan fingerprint density at radius 2 is 2.28 bits per heavy atom. The molecule has 0 radical (unpaired) electrons. The number of nitrogens with one attached hydrogen (secondary N) is 1. The van der Waals surface area contributed by atoms with Gasteiger partial charge in [0, 0.05) is 35.4 Å². The van der Waals surface area contributed by atoms with E-state index in [2.05, 4.69) is 11.2 Å². The fourth-order valence-corrected chi connectivity index (χ4v) is 3.19. The van der Waals surface area contributed by atoms with Gasteiger partial charge in [0.05, 0.1) is 5.56 Å². The Morgan fingerprint density at radius 1 is 1.44 bits per heavy atom. The normalized spacial score (nSPS) is 19.6. The van der Waals surface area contributed by atoms with E-state index < -0.39 is 0 Å². The van der Waals surface area contributed by atoms with Crippen LogP contribution in [0.4, 0.5) is 0 Å². The van der Waals surface area contributed by atoms with Crippen molar-refractivity contribution >= 4 is 28.6 Å². The van der Waals surface area contributed by atoms with Crippen molar-refractivity contribution in [3.63, 3.8) is 0 Å². The van der Waals surface area contributed by atoms with Crippen LogP contribution in [0.15, 0.2) is 30.5 Å². The standard InChI is InChI=1S/C14H16N2OS/c1-18-10-6-7-16(9-10)14(17)12-8-15-13-5-3-2-4-11(12)13/h2-5,8,10,15H,6-7,9H2,1H3/t10-/m1/s1. The number of fused-ring (bicyclic) bond motifs is 1. The average Bonchev–Trinajstić information content (AvgIpc) is 3.04. The van der Waals surface area contributed by atoms with Crippen LogP contribution in [-0.4, -0.2) is 40.4 Å². The number of likely N-dealkylation sites (tertiary alicyclic amines) is 1. The van der Waals surface area contributed by atoms with Gasteiger partial charge < -0.3 is 9.88 Å². The van der Waals surface area contributed by atoms with Gasteiger partial charge in [0.25, 0.3) is 5.91 Å². The number of aromatic amines is 1. The first-order valence-corrected chi connectivity index (χ1v) is 7.46. The Hall–Kier alpha value is -1.42. The molecule has 1 aliphatic heterocycles. The zero-order chi connectivity index (χ0) is 12.5. The first-order valence-electron chi connectivity index (χ1n) is 6.18. The highest BCUT2D eigenvalue weighted by molar-refractivity contribution is 7.99. The number of para-hydroxylation sites is 1. The molecule has 3 nitrogen and oxygen atoms in total. The van der Waals surface area contributed by atoms with Crippen LogP contribution in [0, 0.1) is 0 Å². The molecule has 0 saturated carbocycles. The largest absolute Gasteiger partial charge is 0.360 e. The summed E-state index contributed by atoms with van der Waals surface area (Å²) in [4.78, 5) is 17.6. The molecule has 4 heteroatoms. The van der Waals surface area contributed by atoms with Crippen molar-refractivity contribution in [3.05, 3.63) is 36.0 Å². The van der Waals surface area contributed by atoms with E-state index in [1.165, 1.54) is 0 Å². The number of amides is 1. The third-order valence-corrected chi connectivity index (χ3v) is 4.64. The third-order valence-electron chi connectivity index (χ3n) is 3.59. The molecule has 94 valence electrons. The molecule has 0 aliphatic carbocycles. The first kappa shape index (κ1) is 11.7. The van der Waals surface area contributed by atoms with Crippen molar-refractivity contribution < 1.29 is 4.79 Å². The number of rotatable bonds is 2. The molecule has 0 unspecified atom stereocenters. The van der Waals surface area contributed by atoms with Gasteiger partial charge in [-0.3, -0.25) is 4.79 Å². The summed E-state index contributed by atoms with van der Waals surface area (Å²) in [7, 11) is 0. The van der Waals surface area contributed by atoms with Crippen LogP contribution in [0.25, 0.3) is 10.9 Å². The molecule has 18 heavy (non-hydrogen) atoms. The van der Waals surface area contributed by atoms with Crippen molar-refractivity contribution in [2.24, 2.45) is 0 Å². The fourth-order valence-electron chi connectivity index (χ4n) is 2.52. The van der Waals surface area contributed by atoms with Gasteiger partial charge >= 0.3 is 0 Å². The zero-order valence-electron chi connectivity index (χ0n) is 10.3. The van der Waals surface area contributed by atoms with Gasteiger partial charge in [-0.2, -0.15) is 11.8 Å². The van der Waals surface area contributed by atoms with Crippen LogP contribution in [0.2, 0.25) is 0 Å². The number of carbonyl (C=O) groups excluding carboxylic acids is 1. The maximum absolute atomic E-state index is 12.5. The fraction of sp³-hybridized carbons (Fsp3) is 0.357. The molecule has 0 bridgehead atoms. The molecule has 1 aromatic heterocycles. The van der Waals surface area contributed by atoms with Crippen LogP contribution >= 0.6 is 11.8 Å². The van der Waals surface area contributed by atoms with E-state index in [1.54, 1.807) is 0 Å². The van der Waals surface area contributed by atoms with E-state index >= 15 is 0 Å². The van der Waals surface area contributed by atoms with E-state index in [0.717, 1.165) is 36.0 Å². The number of nitrogens with zero attached hydrogens (tertiary/aromatic N) is 1. The second kappa shape index (κ2) is 4.69. The topological polar surface area (TPSA) is 36.1 Å². The van der Waals surface area contributed by atoms with Crippen molar-refractivity contribution in [2.75, 3.05) is 19.3 Å². The van der Waals surface area contributed by atoms with E-state index in [1.807, 2.05) is 47.1 Å². The number of aromatic nitrogens is 1. The van der Waals surface area contributed by atoms with E-state index in [0.29, 0.717) is 5.25 Å². The quantitative estimate of drug-likeness (QED) is 0.901. The second-order valence-electron chi connectivity index (χ2n) is 4.65. The lowest BCUT2D eigenvalue weighted by Crippen LogP contribution is -2.28. The SMILES string of the molecule is CS[C@@H]1CCN(C(=O)c2c[nH]c3ccccc23)C1.